The highest BCUT2D eigenvalue weighted by atomic mass is 35.5. The minimum absolute atomic E-state index is 0.0720. The summed E-state index contributed by atoms with van der Waals surface area (Å²) < 4.78 is 5.79. The molecule has 4 rings (SSSR count). The summed E-state index contributed by atoms with van der Waals surface area (Å²) in [6, 6.07) is 21.9. The maximum Gasteiger partial charge on any atom is 0.258 e. The molecule has 0 saturated carbocycles. The molecule has 0 aliphatic carbocycles. The molecule has 0 fully saturated rings. The van der Waals surface area contributed by atoms with Gasteiger partial charge in [0.15, 0.2) is 0 Å². The van der Waals surface area contributed by atoms with Crippen molar-refractivity contribution in [2.24, 2.45) is 0 Å². The zero-order valence-electron chi connectivity index (χ0n) is 22.4. The normalized spacial score (nSPS) is 17.1. The lowest BCUT2D eigenvalue weighted by molar-refractivity contribution is -0.117. The number of anilines is 2. The van der Waals surface area contributed by atoms with Crippen molar-refractivity contribution in [1.82, 2.24) is 0 Å². The van der Waals surface area contributed by atoms with Crippen LogP contribution < -0.4 is 14.5 Å². The van der Waals surface area contributed by atoms with E-state index in [2.05, 4.69) is 0 Å². The van der Waals surface area contributed by atoms with E-state index >= 15 is 0 Å². The molecule has 0 aromatic heterocycles. The summed E-state index contributed by atoms with van der Waals surface area (Å²) in [5.74, 6) is 0.514. The van der Waals surface area contributed by atoms with E-state index in [1.165, 1.54) is 0 Å². The summed E-state index contributed by atoms with van der Waals surface area (Å²) in [6.45, 7) is 7.64. The quantitative estimate of drug-likeness (QED) is 0.322. The second kappa shape index (κ2) is 11.6. The van der Waals surface area contributed by atoms with Crippen molar-refractivity contribution in [2.45, 2.75) is 64.6 Å². The first kappa shape index (κ1) is 27.7. The molecule has 0 bridgehead atoms. The van der Waals surface area contributed by atoms with E-state index < -0.39 is 5.60 Å². The number of benzene rings is 3. The third kappa shape index (κ3) is 6.37. The minimum atomic E-state index is -0.712. The third-order valence-electron chi connectivity index (χ3n) is 6.84. The van der Waals surface area contributed by atoms with Gasteiger partial charge in [-0.3, -0.25) is 9.59 Å². The second-order valence-electron chi connectivity index (χ2n) is 10.5. The number of hydrogen-bond donors (Lipinski definition) is 1. The Hall–Kier alpha value is -3.35. The maximum atomic E-state index is 13.7. The van der Waals surface area contributed by atoms with Crippen LogP contribution in [0.1, 0.15) is 68.9 Å². The van der Waals surface area contributed by atoms with Crippen molar-refractivity contribution in [3.05, 3.63) is 88.9 Å². The van der Waals surface area contributed by atoms with Crippen LogP contribution in [0.3, 0.4) is 0 Å². The number of hydrogen-bond acceptors (Lipinski definition) is 4. The van der Waals surface area contributed by atoms with Crippen LogP contribution in [0.4, 0.5) is 11.4 Å². The molecular weight excluding hydrogens is 500 g/mol. The number of fused-ring (bicyclic) bond motifs is 1. The molecular formula is C31H35ClN2O4. The van der Waals surface area contributed by atoms with Gasteiger partial charge in [0, 0.05) is 34.9 Å². The monoisotopic (exact) mass is 534 g/mol. The lowest BCUT2D eigenvalue weighted by atomic mass is 9.89. The Morgan fingerprint density at radius 1 is 1.05 bits per heavy atom. The molecule has 1 aliphatic rings. The topological polar surface area (TPSA) is 70.1 Å². The molecule has 2 amide bonds. The van der Waals surface area contributed by atoms with Crippen LogP contribution in [-0.4, -0.2) is 35.2 Å². The van der Waals surface area contributed by atoms with Crippen LogP contribution >= 0.6 is 11.6 Å². The predicted molar refractivity (Wildman–Crippen MR) is 152 cm³/mol. The number of nitrogens with zero attached hydrogens (tertiary/aromatic N) is 2. The van der Waals surface area contributed by atoms with E-state index in [9.17, 15) is 14.7 Å². The van der Waals surface area contributed by atoms with Crippen molar-refractivity contribution in [3.8, 4) is 5.75 Å². The largest absolute Gasteiger partial charge is 0.494 e. The number of rotatable bonds is 8. The van der Waals surface area contributed by atoms with E-state index in [4.69, 9.17) is 16.3 Å². The Labute approximate surface area is 229 Å². The lowest BCUT2D eigenvalue weighted by Gasteiger charge is -2.43. The average Bonchev–Trinajstić information content (AvgIpc) is 2.87. The second-order valence-corrected chi connectivity index (χ2v) is 10.9. The first-order chi connectivity index (χ1) is 18.0. The van der Waals surface area contributed by atoms with Gasteiger partial charge in [-0.1, -0.05) is 29.8 Å². The van der Waals surface area contributed by atoms with Gasteiger partial charge < -0.3 is 19.6 Å². The Morgan fingerprint density at radius 2 is 1.71 bits per heavy atom. The van der Waals surface area contributed by atoms with Crippen LogP contribution in [0.2, 0.25) is 5.02 Å². The third-order valence-corrected chi connectivity index (χ3v) is 7.09. The minimum Gasteiger partial charge on any atom is -0.494 e. The van der Waals surface area contributed by atoms with Crippen molar-refractivity contribution in [2.75, 3.05) is 16.4 Å². The first-order valence-electron chi connectivity index (χ1n) is 13.0. The molecule has 6 nitrogen and oxygen atoms in total. The Bertz CT molecular complexity index is 1270. The molecule has 2 unspecified atom stereocenters. The van der Waals surface area contributed by atoms with Crippen molar-refractivity contribution < 1.29 is 19.4 Å². The number of ether oxygens (including phenoxy) is 1. The fraction of sp³-hybridized carbons (Fsp3) is 0.355. The summed E-state index contributed by atoms with van der Waals surface area (Å²) in [7, 11) is 0. The fourth-order valence-corrected chi connectivity index (χ4v) is 5.17. The van der Waals surface area contributed by atoms with Gasteiger partial charge in [0.25, 0.3) is 5.91 Å². The molecule has 1 aliphatic heterocycles. The van der Waals surface area contributed by atoms with Crippen LogP contribution in [0.15, 0.2) is 72.8 Å². The summed E-state index contributed by atoms with van der Waals surface area (Å²) in [4.78, 5) is 30.2. The summed E-state index contributed by atoms with van der Waals surface area (Å²) in [6.07, 6.45) is 1.98. The zero-order chi connectivity index (χ0) is 27.4. The molecule has 0 radical (unpaired) electrons. The van der Waals surface area contributed by atoms with Crippen LogP contribution in [0.25, 0.3) is 0 Å². The van der Waals surface area contributed by atoms with E-state index in [0.29, 0.717) is 35.8 Å². The Kier molecular flexibility index (Phi) is 8.44. The maximum absolute atomic E-state index is 13.7. The van der Waals surface area contributed by atoms with Crippen molar-refractivity contribution in [3.63, 3.8) is 0 Å². The highest BCUT2D eigenvalue weighted by molar-refractivity contribution is 6.30. The molecule has 0 saturated heterocycles. The van der Waals surface area contributed by atoms with Gasteiger partial charge in [-0.15, -0.1) is 0 Å². The number of halogens is 1. The van der Waals surface area contributed by atoms with Gasteiger partial charge >= 0.3 is 0 Å². The van der Waals surface area contributed by atoms with Crippen molar-refractivity contribution in [1.29, 1.82) is 0 Å². The summed E-state index contributed by atoms with van der Waals surface area (Å²) in [5, 5.41) is 10.5. The highest BCUT2D eigenvalue weighted by Gasteiger charge is 2.38. The molecule has 1 N–H and O–H groups in total. The SMILES string of the molecule is CC(=O)N(c1ccc(Cl)cc1)C1CC(C)N(C(=O)c2ccc(OCCCC(C)(C)O)cc2)c2ccccc21. The van der Waals surface area contributed by atoms with Gasteiger partial charge in [-0.25, -0.2) is 0 Å². The predicted octanol–water partition coefficient (Wildman–Crippen LogP) is 6.80. The highest BCUT2D eigenvalue weighted by Crippen LogP contribution is 2.43. The number of aliphatic hydroxyl groups is 1. The van der Waals surface area contributed by atoms with Gasteiger partial charge in [-0.05, 0) is 100 Å². The molecule has 3 aromatic rings. The van der Waals surface area contributed by atoms with Crippen LogP contribution in [0, 0.1) is 0 Å². The Balaban J connectivity index is 1.56. The number of carbonyl (C=O) groups excluding carboxylic acids is 2. The van der Waals surface area contributed by atoms with Crippen LogP contribution in [-0.2, 0) is 4.79 Å². The number of amides is 2. The zero-order valence-corrected chi connectivity index (χ0v) is 23.1. The number of carbonyl (C=O) groups is 2. The van der Waals surface area contributed by atoms with Gasteiger partial charge in [0.2, 0.25) is 5.91 Å². The standard InChI is InChI=1S/C31H35ClN2O4/c1-21-20-29(34(22(2)35)25-14-12-24(32)13-15-25)27-8-5-6-9-28(27)33(21)30(36)23-10-16-26(17-11-23)38-19-7-18-31(3,4)37/h5-6,8-17,21,29,37H,7,18-20H2,1-4H3. The van der Waals surface area contributed by atoms with E-state index in [-0.39, 0.29) is 23.9 Å². The summed E-state index contributed by atoms with van der Waals surface area (Å²) in [5.41, 5.74) is 2.35. The molecule has 38 heavy (non-hydrogen) atoms. The lowest BCUT2D eigenvalue weighted by Crippen LogP contribution is -2.47. The molecule has 7 heteroatoms. The van der Waals surface area contributed by atoms with E-state index in [0.717, 1.165) is 23.4 Å². The molecule has 1 heterocycles. The molecule has 0 spiro atoms. The van der Waals surface area contributed by atoms with Crippen molar-refractivity contribution >= 4 is 34.8 Å². The molecule has 3 aromatic carbocycles. The number of para-hydroxylation sites is 1. The molecule has 200 valence electrons. The van der Waals surface area contributed by atoms with E-state index in [1.54, 1.807) is 62.1 Å². The van der Waals surface area contributed by atoms with Gasteiger partial charge in [0.05, 0.1) is 18.2 Å². The first-order valence-corrected chi connectivity index (χ1v) is 13.4. The van der Waals surface area contributed by atoms with Gasteiger partial charge in [-0.2, -0.15) is 0 Å². The Morgan fingerprint density at radius 3 is 2.34 bits per heavy atom. The van der Waals surface area contributed by atoms with Crippen LogP contribution in [0.5, 0.6) is 5.75 Å². The average molecular weight is 535 g/mol. The smallest absolute Gasteiger partial charge is 0.258 e. The van der Waals surface area contributed by atoms with E-state index in [1.807, 2.05) is 48.2 Å². The van der Waals surface area contributed by atoms with Gasteiger partial charge in [0.1, 0.15) is 5.75 Å². The summed E-state index contributed by atoms with van der Waals surface area (Å²) >= 11 is 6.09. The molecule has 2 atom stereocenters. The fourth-order valence-electron chi connectivity index (χ4n) is 5.05.